The number of primary amides is 1. The van der Waals surface area contributed by atoms with Crippen molar-refractivity contribution in [3.8, 4) is 0 Å². The van der Waals surface area contributed by atoms with Crippen molar-refractivity contribution in [3.63, 3.8) is 0 Å². The predicted molar refractivity (Wildman–Crippen MR) is 119 cm³/mol. The van der Waals surface area contributed by atoms with E-state index >= 15 is 0 Å². The molecule has 1 heterocycles. The molecule has 0 fully saturated rings. The Balaban J connectivity index is 0.000000673. The minimum Gasteiger partial charge on any atom is -0.475 e. The Bertz CT molecular complexity index is 1360. The van der Waals surface area contributed by atoms with Gasteiger partial charge in [-0.15, -0.1) is 0 Å². The molecule has 0 unspecified atom stereocenters. The maximum absolute atomic E-state index is 14.1. The second-order valence-electron chi connectivity index (χ2n) is 7.27. The third-order valence-electron chi connectivity index (χ3n) is 4.39. The van der Waals surface area contributed by atoms with Crippen molar-refractivity contribution in [1.82, 2.24) is 10.2 Å². The zero-order valence-electron chi connectivity index (χ0n) is 19.0. The normalized spacial score (nSPS) is 11.2. The van der Waals surface area contributed by atoms with E-state index in [-0.39, 0.29) is 24.0 Å². The lowest BCUT2D eigenvalue weighted by Gasteiger charge is -2.13. The molecular weight excluding hydrogens is 552 g/mol. The Morgan fingerprint density at radius 3 is 2.18 bits per heavy atom. The van der Waals surface area contributed by atoms with Gasteiger partial charge in [0.2, 0.25) is 0 Å². The van der Waals surface area contributed by atoms with E-state index in [0.717, 1.165) is 0 Å². The molecule has 1 aromatic heterocycles. The number of hydrogen-bond acceptors (Lipinski definition) is 5. The van der Waals surface area contributed by atoms with Crippen LogP contribution in [0.4, 0.5) is 57.0 Å². The molecule has 0 atom stereocenters. The Hall–Kier alpha value is -4.90. The molecule has 0 saturated heterocycles. The average Bonchev–Trinajstić information content (AvgIpc) is 3.28. The van der Waals surface area contributed by atoms with Crippen LogP contribution in [0.25, 0.3) is 0 Å². The zero-order valence-corrected chi connectivity index (χ0v) is 19.0. The first-order valence-corrected chi connectivity index (χ1v) is 10.1. The Morgan fingerprint density at radius 1 is 0.974 bits per heavy atom. The number of anilines is 3. The van der Waals surface area contributed by atoms with Crippen LogP contribution in [0, 0.1) is 11.6 Å². The van der Waals surface area contributed by atoms with E-state index in [0.29, 0.717) is 17.3 Å². The molecule has 0 radical (unpaired) electrons. The summed E-state index contributed by atoms with van der Waals surface area (Å²) in [5.41, 5.74) is 3.69. The Morgan fingerprint density at radius 2 is 1.62 bits per heavy atom. The van der Waals surface area contributed by atoms with Crippen LogP contribution in [-0.4, -0.2) is 39.4 Å². The van der Waals surface area contributed by atoms with Crippen molar-refractivity contribution in [2.45, 2.75) is 18.9 Å². The molecule has 0 saturated carbocycles. The minimum atomic E-state index is -5.14. The fourth-order valence-corrected chi connectivity index (χ4v) is 2.74. The number of urea groups is 1. The number of aromatic nitrogens is 2. The molecule has 2 aromatic carbocycles. The highest BCUT2D eigenvalue weighted by atomic mass is 19.4. The third-order valence-corrected chi connectivity index (χ3v) is 4.39. The largest absolute Gasteiger partial charge is 0.490 e. The molecule has 7 N–H and O–H groups in total. The predicted octanol–water partition coefficient (Wildman–Crippen LogP) is 4.70. The number of halogens is 8. The molecule has 3 aromatic rings. The highest BCUT2D eigenvalue weighted by Gasteiger charge is 2.38. The molecule has 0 spiro atoms. The number of nitrogens with zero attached hydrogens (tertiary/aromatic N) is 1. The second-order valence-corrected chi connectivity index (χ2v) is 7.27. The fraction of sp³-hybridized carbons (Fsp3) is 0.143. The summed E-state index contributed by atoms with van der Waals surface area (Å²) < 4.78 is 97.7. The van der Waals surface area contributed by atoms with E-state index in [1.165, 1.54) is 18.3 Å². The molecule has 39 heavy (non-hydrogen) atoms. The van der Waals surface area contributed by atoms with E-state index in [4.69, 9.17) is 15.6 Å². The maximum atomic E-state index is 14.1. The number of carboxylic acid groups (broad SMARTS) is 1. The number of rotatable bonds is 6. The number of hydrogen-bond donors (Lipinski definition) is 6. The summed E-state index contributed by atoms with van der Waals surface area (Å²) in [5.74, 6) is -6.64. The summed E-state index contributed by atoms with van der Waals surface area (Å²) in [4.78, 5) is 32.3. The van der Waals surface area contributed by atoms with Crippen molar-refractivity contribution in [2.24, 2.45) is 5.73 Å². The van der Waals surface area contributed by atoms with Gasteiger partial charge in [-0.25, -0.2) is 18.4 Å². The molecule has 0 aliphatic heterocycles. The van der Waals surface area contributed by atoms with Gasteiger partial charge in [0, 0.05) is 18.3 Å². The summed E-state index contributed by atoms with van der Waals surface area (Å²) in [5, 5.41) is 20.4. The first-order chi connectivity index (χ1) is 18.0. The number of alkyl halides is 6. The zero-order chi connectivity index (χ0) is 29.5. The first-order valence-electron chi connectivity index (χ1n) is 10.1. The van der Waals surface area contributed by atoms with Gasteiger partial charge in [0.25, 0.3) is 5.91 Å². The van der Waals surface area contributed by atoms with Crippen LogP contribution in [-0.2, 0) is 17.5 Å². The van der Waals surface area contributed by atoms with Crippen LogP contribution >= 0.6 is 0 Å². The lowest BCUT2D eigenvalue weighted by atomic mass is 10.1. The molecule has 0 bridgehead atoms. The SMILES string of the molecule is NC(=O)c1[nH]ncc1NCc1cccc(NC(=O)Nc2cc(F)cc(C(F)(F)F)c2F)c1.O=C(O)C(F)(F)F. The Kier molecular flexibility index (Phi) is 9.41. The lowest BCUT2D eigenvalue weighted by Crippen LogP contribution is -2.21. The van der Waals surface area contributed by atoms with E-state index in [1.807, 2.05) is 5.32 Å². The van der Waals surface area contributed by atoms with Crippen molar-refractivity contribution < 1.29 is 54.6 Å². The van der Waals surface area contributed by atoms with Crippen molar-refractivity contribution in [2.75, 3.05) is 16.0 Å². The molecule has 0 aliphatic carbocycles. The van der Waals surface area contributed by atoms with Crippen molar-refractivity contribution in [3.05, 3.63) is 71.1 Å². The van der Waals surface area contributed by atoms with Gasteiger partial charge in [-0.05, 0) is 23.8 Å². The number of benzene rings is 2. The molecule has 210 valence electrons. The number of carbonyl (C=O) groups is 3. The maximum Gasteiger partial charge on any atom is 0.490 e. The van der Waals surface area contributed by atoms with E-state index in [1.54, 1.807) is 12.1 Å². The highest BCUT2D eigenvalue weighted by Crippen LogP contribution is 2.35. The van der Waals surface area contributed by atoms with Crippen LogP contribution in [0.5, 0.6) is 0 Å². The van der Waals surface area contributed by atoms with Gasteiger partial charge in [-0.3, -0.25) is 9.89 Å². The van der Waals surface area contributed by atoms with Crippen LogP contribution in [0.1, 0.15) is 21.6 Å². The molecular formula is C21H16F8N6O4. The number of carboxylic acids is 1. The average molecular weight is 568 g/mol. The van der Waals surface area contributed by atoms with E-state index < -0.39 is 53.1 Å². The van der Waals surface area contributed by atoms with Gasteiger partial charge >= 0.3 is 24.4 Å². The molecule has 18 heteroatoms. The lowest BCUT2D eigenvalue weighted by molar-refractivity contribution is -0.192. The number of nitrogens with two attached hydrogens (primary N) is 1. The van der Waals surface area contributed by atoms with Gasteiger partial charge in [0.05, 0.1) is 23.1 Å². The number of amides is 3. The monoisotopic (exact) mass is 568 g/mol. The highest BCUT2D eigenvalue weighted by molar-refractivity contribution is 6.00. The Labute approximate surface area is 212 Å². The third kappa shape index (κ3) is 8.86. The summed E-state index contributed by atoms with van der Waals surface area (Å²) in [6.45, 7) is 0.199. The topological polar surface area (TPSA) is 162 Å². The van der Waals surface area contributed by atoms with E-state index in [2.05, 4.69) is 20.8 Å². The van der Waals surface area contributed by atoms with Gasteiger partial charge < -0.3 is 26.8 Å². The minimum absolute atomic E-state index is 0.00144. The van der Waals surface area contributed by atoms with Crippen LogP contribution in [0.15, 0.2) is 42.6 Å². The quantitative estimate of drug-likeness (QED) is 0.236. The van der Waals surface area contributed by atoms with E-state index in [9.17, 15) is 44.7 Å². The van der Waals surface area contributed by atoms with Crippen LogP contribution in [0.3, 0.4) is 0 Å². The molecule has 0 aliphatic rings. The van der Waals surface area contributed by atoms with Gasteiger partial charge in [-0.1, -0.05) is 12.1 Å². The molecule has 3 amide bonds. The first kappa shape index (κ1) is 30.3. The fourth-order valence-electron chi connectivity index (χ4n) is 2.74. The van der Waals surface area contributed by atoms with Crippen LogP contribution < -0.4 is 21.7 Å². The summed E-state index contributed by atoms with van der Waals surface area (Å²) in [6.07, 6.45) is -8.86. The van der Waals surface area contributed by atoms with Gasteiger partial charge in [0.1, 0.15) is 11.5 Å². The summed E-state index contributed by atoms with van der Waals surface area (Å²) in [7, 11) is 0. The number of nitrogens with one attached hydrogen (secondary N) is 4. The van der Waals surface area contributed by atoms with Gasteiger partial charge in [0.15, 0.2) is 5.82 Å². The molecule has 10 nitrogen and oxygen atoms in total. The second kappa shape index (κ2) is 12.1. The number of aliphatic carboxylic acids is 1. The number of H-pyrrole nitrogens is 1. The smallest absolute Gasteiger partial charge is 0.475 e. The molecule has 3 rings (SSSR count). The van der Waals surface area contributed by atoms with Crippen molar-refractivity contribution >= 4 is 35.0 Å². The summed E-state index contributed by atoms with van der Waals surface area (Å²) >= 11 is 0. The number of carbonyl (C=O) groups excluding carboxylic acids is 2. The van der Waals surface area contributed by atoms with Crippen molar-refractivity contribution in [1.29, 1.82) is 0 Å². The number of aromatic amines is 1. The van der Waals surface area contributed by atoms with Gasteiger partial charge in [-0.2, -0.15) is 31.4 Å². The van der Waals surface area contributed by atoms with Crippen LogP contribution in [0.2, 0.25) is 0 Å². The summed E-state index contributed by atoms with van der Waals surface area (Å²) in [6, 6.07) is 5.59. The standard InChI is InChI=1S/C19H15F5N6O2.C2HF3O2/c20-10-5-12(19(22,23)24)15(21)13(6-10)29-18(32)28-11-3-1-2-9(4-11)7-26-14-8-27-30-16(14)17(25)31;3-2(4,5)1(6)7/h1-6,8,26H,7H2,(H2,25,31)(H,27,30)(H2,28,29,32);(H,6,7).